The topological polar surface area (TPSA) is 87.1 Å². The molecule has 0 aliphatic heterocycles. The van der Waals surface area contributed by atoms with Crippen molar-refractivity contribution in [2.45, 2.75) is 6.54 Å². The van der Waals surface area contributed by atoms with Gasteiger partial charge in [-0.15, -0.1) is 0 Å². The summed E-state index contributed by atoms with van der Waals surface area (Å²) in [6.07, 6.45) is 0. The predicted molar refractivity (Wildman–Crippen MR) is 80.8 cm³/mol. The normalized spacial score (nSPS) is 10.2. The Morgan fingerprint density at radius 2 is 2.05 bits per heavy atom. The van der Waals surface area contributed by atoms with Crippen LogP contribution < -0.4 is 0 Å². The zero-order valence-corrected chi connectivity index (χ0v) is 12.7. The minimum Gasteiger partial charge on any atom is -0.508 e. The van der Waals surface area contributed by atoms with E-state index in [1.54, 1.807) is 18.4 Å². The molecule has 0 atom stereocenters. The van der Waals surface area contributed by atoms with Crippen LogP contribution in [0.5, 0.6) is 11.5 Å². The molecule has 1 aromatic carbocycles. The summed E-state index contributed by atoms with van der Waals surface area (Å²) < 4.78 is 4.88. The first-order chi connectivity index (χ1) is 10.5. The Morgan fingerprint density at radius 1 is 1.27 bits per heavy atom. The van der Waals surface area contributed by atoms with Crippen LogP contribution in [0, 0.1) is 0 Å². The van der Waals surface area contributed by atoms with Gasteiger partial charge in [0.05, 0.1) is 0 Å². The molecular weight excluding hydrogens is 306 g/mol. The summed E-state index contributed by atoms with van der Waals surface area (Å²) in [5.74, 6) is -1.74. The van der Waals surface area contributed by atoms with Crippen LogP contribution in [-0.2, 0) is 16.1 Å². The molecular formula is C15H15NO5S. The van der Waals surface area contributed by atoms with Gasteiger partial charge in [-0.05, 0) is 34.5 Å². The van der Waals surface area contributed by atoms with E-state index in [0.717, 1.165) is 11.6 Å². The maximum Gasteiger partial charge on any atom is 0.342 e. The Kier molecular flexibility index (Phi) is 5.00. The van der Waals surface area contributed by atoms with Gasteiger partial charge >= 0.3 is 5.97 Å². The van der Waals surface area contributed by atoms with Crippen molar-refractivity contribution < 1.29 is 24.5 Å². The molecule has 116 valence electrons. The molecule has 0 fully saturated rings. The average molecular weight is 321 g/mol. The van der Waals surface area contributed by atoms with Crippen molar-refractivity contribution >= 4 is 23.2 Å². The molecule has 0 aliphatic carbocycles. The molecule has 1 heterocycles. The number of phenolic OH excluding ortho intramolecular Hbond substituents is 2. The molecule has 2 rings (SSSR count). The second-order valence-electron chi connectivity index (χ2n) is 4.66. The number of ether oxygens (including phenoxy) is 1. The average Bonchev–Trinajstić information content (AvgIpc) is 2.97. The van der Waals surface area contributed by atoms with Crippen molar-refractivity contribution in [2.75, 3.05) is 13.7 Å². The van der Waals surface area contributed by atoms with Crippen LogP contribution in [0.15, 0.2) is 35.0 Å². The molecule has 0 aliphatic rings. The van der Waals surface area contributed by atoms with Crippen molar-refractivity contribution in [1.82, 2.24) is 4.90 Å². The highest BCUT2D eigenvalue weighted by Crippen LogP contribution is 2.23. The van der Waals surface area contributed by atoms with Crippen LogP contribution in [0.1, 0.15) is 15.9 Å². The molecule has 7 heteroatoms. The summed E-state index contributed by atoms with van der Waals surface area (Å²) in [7, 11) is 1.62. The highest BCUT2D eigenvalue weighted by Gasteiger charge is 2.16. The van der Waals surface area contributed by atoms with Gasteiger partial charge in [0, 0.05) is 19.7 Å². The Balaban J connectivity index is 1.88. The van der Waals surface area contributed by atoms with Crippen molar-refractivity contribution in [3.63, 3.8) is 0 Å². The Hall–Kier alpha value is -2.54. The van der Waals surface area contributed by atoms with Gasteiger partial charge in [0.15, 0.2) is 6.61 Å². The fourth-order valence-electron chi connectivity index (χ4n) is 1.75. The van der Waals surface area contributed by atoms with E-state index in [2.05, 4.69) is 0 Å². The summed E-state index contributed by atoms with van der Waals surface area (Å²) in [5.41, 5.74) is 0.898. The molecule has 2 N–H and O–H groups in total. The highest BCUT2D eigenvalue weighted by molar-refractivity contribution is 7.07. The standard InChI is InChI=1S/C15H15NO5S/c1-16(7-10-4-5-22-9-10)14(19)8-21-15(20)12-3-2-11(17)6-13(12)18/h2-6,9,17-18H,7-8H2,1H3. The maximum absolute atomic E-state index is 11.9. The van der Waals surface area contributed by atoms with Gasteiger partial charge in [0.1, 0.15) is 17.1 Å². The fourth-order valence-corrected chi connectivity index (χ4v) is 2.41. The zero-order chi connectivity index (χ0) is 16.1. The van der Waals surface area contributed by atoms with E-state index in [9.17, 15) is 14.7 Å². The molecule has 1 amide bonds. The molecule has 0 bridgehead atoms. The van der Waals surface area contributed by atoms with Gasteiger partial charge in [-0.3, -0.25) is 4.79 Å². The van der Waals surface area contributed by atoms with Crippen LogP contribution in [0.3, 0.4) is 0 Å². The third-order valence-corrected chi connectivity index (χ3v) is 3.69. The van der Waals surface area contributed by atoms with Gasteiger partial charge in [-0.1, -0.05) is 0 Å². The lowest BCUT2D eigenvalue weighted by atomic mass is 10.2. The number of amides is 1. The Labute approximate surface area is 131 Å². The maximum atomic E-state index is 11.9. The summed E-state index contributed by atoms with van der Waals surface area (Å²) in [4.78, 5) is 25.1. The molecule has 0 saturated carbocycles. The van der Waals surface area contributed by atoms with E-state index >= 15 is 0 Å². The number of thiophene rings is 1. The summed E-state index contributed by atoms with van der Waals surface area (Å²) >= 11 is 1.54. The van der Waals surface area contributed by atoms with Crippen molar-refractivity contribution in [2.24, 2.45) is 0 Å². The van der Waals surface area contributed by atoms with E-state index in [1.807, 2.05) is 16.8 Å². The number of carbonyl (C=O) groups excluding carboxylic acids is 2. The number of hydrogen-bond donors (Lipinski definition) is 2. The number of nitrogens with zero attached hydrogens (tertiary/aromatic N) is 1. The Morgan fingerprint density at radius 3 is 2.68 bits per heavy atom. The number of hydrogen-bond acceptors (Lipinski definition) is 6. The van der Waals surface area contributed by atoms with E-state index in [4.69, 9.17) is 9.84 Å². The van der Waals surface area contributed by atoms with Crippen LogP contribution >= 0.6 is 11.3 Å². The lowest BCUT2D eigenvalue weighted by molar-refractivity contribution is -0.133. The largest absolute Gasteiger partial charge is 0.508 e. The van der Waals surface area contributed by atoms with E-state index < -0.39 is 18.3 Å². The first-order valence-electron chi connectivity index (χ1n) is 6.41. The second-order valence-corrected chi connectivity index (χ2v) is 5.44. The quantitative estimate of drug-likeness (QED) is 0.822. The molecule has 0 saturated heterocycles. The SMILES string of the molecule is CN(Cc1ccsc1)C(=O)COC(=O)c1ccc(O)cc1O. The number of likely N-dealkylation sites (N-methyl/N-ethyl adjacent to an activating group) is 1. The zero-order valence-electron chi connectivity index (χ0n) is 11.9. The van der Waals surface area contributed by atoms with Crippen LogP contribution in [0.4, 0.5) is 0 Å². The van der Waals surface area contributed by atoms with Crippen LogP contribution in [-0.4, -0.2) is 40.6 Å². The highest BCUT2D eigenvalue weighted by atomic mass is 32.1. The van der Waals surface area contributed by atoms with Crippen molar-refractivity contribution in [3.05, 3.63) is 46.2 Å². The number of carbonyl (C=O) groups is 2. The number of aromatic hydroxyl groups is 2. The fraction of sp³-hybridized carbons (Fsp3) is 0.200. The summed E-state index contributed by atoms with van der Waals surface area (Å²) in [5, 5.41) is 22.6. The van der Waals surface area contributed by atoms with Crippen LogP contribution in [0.25, 0.3) is 0 Å². The minimum absolute atomic E-state index is 0.105. The third-order valence-electron chi connectivity index (χ3n) is 2.95. The summed E-state index contributed by atoms with van der Waals surface area (Å²) in [6.45, 7) is 0.0180. The summed E-state index contributed by atoms with van der Waals surface area (Å²) in [6, 6.07) is 5.42. The number of rotatable bonds is 5. The molecule has 22 heavy (non-hydrogen) atoms. The minimum atomic E-state index is -0.824. The first-order valence-corrected chi connectivity index (χ1v) is 7.36. The molecule has 0 spiro atoms. The number of phenols is 2. The smallest absolute Gasteiger partial charge is 0.342 e. The van der Waals surface area contributed by atoms with Crippen molar-refractivity contribution in [3.8, 4) is 11.5 Å². The van der Waals surface area contributed by atoms with Gasteiger partial charge in [-0.2, -0.15) is 11.3 Å². The van der Waals surface area contributed by atoms with E-state index in [0.29, 0.717) is 6.54 Å². The Bertz CT molecular complexity index is 669. The van der Waals surface area contributed by atoms with Gasteiger partial charge in [-0.25, -0.2) is 4.79 Å². The van der Waals surface area contributed by atoms with E-state index in [1.165, 1.54) is 17.0 Å². The monoisotopic (exact) mass is 321 g/mol. The molecule has 6 nitrogen and oxygen atoms in total. The molecule has 2 aromatic rings. The van der Waals surface area contributed by atoms with Crippen molar-refractivity contribution in [1.29, 1.82) is 0 Å². The molecule has 0 unspecified atom stereocenters. The van der Waals surface area contributed by atoms with Gasteiger partial charge < -0.3 is 19.8 Å². The van der Waals surface area contributed by atoms with Gasteiger partial charge in [0.2, 0.25) is 0 Å². The predicted octanol–water partition coefficient (Wildman–Crippen LogP) is 1.97. The second kappa shape index (κ2) is 6.95. The van der Waals surface area contributed by atoms with E-state index in [-0.39, 0.29) is 17.2 Å². The lowest BCUT2D eigenvalue weighted by Gasteiger charge is -2.16. The number of esters is 1. The molecule has 0 radical (unpaired) electrons. The molecule has 1 aromatic heterocycles. The van der Waals surface area contributed by atoms with Gasteiger partial charge in [0.25, 0.3) is 5.91 Å². The van der Waals surface area contributed by atoms with Crippen LogP contribution in [0.2, 0.25) is 0 Å². The third kappa shape index (κ3) is 3.98. The first kappa shape index (κ1) is 15.8. The lowest BCUT2D eigenvalue weighted by Crippen LogP contribution is -2.30. The number of benzene rings is 1.